The number of esters is 1. The van der Waals surface area contributed by atoms with Gasteiger partial charge in [0.1, 0.15) is 0 Å². The number of carbonyl (C=O) groups is 1. The fourth-order valence-electron chi connectivity index (χ4n) is 5.85. The minimum Gasteiger partial charge on any atom is -0.465 e. The zero-order valence-electron chi connectivity index (χ0n) is 20.7. The van der Waals surface area contributed by atoms with Gasteiger partial charge in [-0.3, -0.25) is 4.84 Å². The Hall–Kier alpha value is -3.46. The van der Waals surface area contributed by atoms with E-state index in [4.69, 9.17) is 9.57 Å². The van der Waals surface area contributed by atoms with Gasteiger partial charge in [0, 0.05) is 23.6 Å². The van der Waals surface area contributed by atoms with Crippen molar-refractivity contribution in [3.05, 3.63) is 106 Å². The first kappa shape index (κ1) is 23.9. The summed E-state index contributed by atoms with van der Waals surface area (Å²) in [6, 6.07) is 22.7. The molecule has 8 heteroatoms. The summed E-state index contributed by atoms with van der Waals surface area (Å²) in [4.78, 5) is 18.3. The number of methoxy groups -OCH3 is 1. The molecule has 1 N–H and O–H groups in total. The normalized spacial score (nSPS) is 23.0. The second-order valence-electron chi connectivity index (χ2n) is 9.84. The Bertz CT molecular complexity index is 1500. The van der Waals surface area contributed by atoms with E-state index in [1.165, 1.54) is 7.11 Å². The third kappa shape index (κ3) is 4.05. The van der Waals surface area contributed by atoms with Crippen LogP contribution in [0.15, 0.2) is 88.8 Å². The van der Waals surface area contributed by atoms with Crippen molar-refractivity contribution in [3.63, 3.8) is 0 Å². The Morgan fingerprint density at radius 2 is 1.81 bits per heavy atom. The molecule has 3 aromatic rings. The third-order valence-electron chi connectivity index (χ3n) is 7.71. The standard InChI is InChI=1S/C29H28N2O5S/c1-18-8-11-22(12-9-18)37(33,34)31-16-25-21(17-36-31)15-24-23-14-20(29(32)35-2)10-13-26(23)30-28(24)27(25)19-6-4-3-5-7-19/h3-14,24,27-28,30H,15-17H2,1-2H3/t24-,27?,28+/m0/s1. The van der Waals surface area contributed by atoms with E-state index in [2.05, 4.69) is 17.4 Å². The Morgan fingerprint density at radius 1 is 1.05 bits per heavy atom. The van der Waals surface area contributed by atoms with Gasteiger partial charge in [0.15, 0.2) is 0 Å². The van der Waals surface area contributed by atoms with Crippen LogP contribution in [0.1, 0.15) is 45.3 Å². The van der Waals surface area contributed by atoms with Crippen molar-refractivity contribution in [1.29, 1.82) is 0 Å². The topological polar surface area (TPSA) is 84.9 Å². The molecule has 0 radical (unpaired) electrons. The first-order chi connectivity index (χ1) is 17.9. The molecule has 6 rings (SSSR count). The molecule has 2 heterocycles. The van der Waals surface area contributed by atoms with Crippen molar-refractivity contribution in [2.24, 2.45) is 0 Å². The third-order valence-corrected chi connectivity index (χ3v) is 9.35. The van der Waals surface area contributed by atoms with Gasteiger partial charge in [-0.25, -0.2) is 13.2 Å². The molecule has 0 fully saturated rings. The molecule has 3 atom stereocenters. The molecule has 1 aliphatic carbocycles. The molecule has 0 bridgehead atoms. The zero-order chi connectivity index (χ0) is 25.7. The average molecular weight is 517 g/mol. The molecule has 7 nitrogen and oxygen atoms in total. The molecule has 0 saturated heterocycles. The predicted octanol–water partition coefficient (Wildman–Crippen LogP) is 4.78. The van der Waals surface area contributed by atoms with Gasteiger partial charge < -0.3 is 10.1 Å². The van der Waals surface area contributed by atoms with Crippen LogP contribution in [0.2, 0.25) is 0 Å². The van der Waals surface area contributed by atoms with Crippen molar-refractivity contribution < 1.29 is 22.8 Å². The van der Waals surface area contributed by atoms with Crippen LogP contribution in [0, 0.1) is 6.92 Å². The van der Waals surface area contributed by atoms with E-state index in [0.717, 1.165) is 44.4 Å². The molecule has 0 aromatic heterocycles. The molecule has 0 amide bonds. The van der Waals surface area contributed by atoms with Crippen LogP contribution >= 0.6 is 0 Å². The summed E-state index contributed by atoms with van der Waals surface area (Å²) in [6.45, 7) is 2.30. The lowest BCUT2D eigenvalue weighted by atomic mass is 9.69. The second kappa shape index (κ2) is 9.13. The van der Waals surface area contributed by atoms with Crippen LogP contribution in [0.3, 0.4) is 0 Å². The summed E-state index contributed by atoms with van der Waals surface area (Å²) in [6.07, 6.45) is 0.729. The maximum absolute atomic E-state index is 13.5. The number of hydrogen-bond donors (Lipinski definition) is 1. The highest BCUT2D eigenvalue weighted by molar-refractivity contribution is 7.89. The number of ether oxygens (including phenoxy) is 1. The highest BCUT2D eigenvalue weighted by Crippen LogP contribution is 2.52. The number of nitrogens with zero attached hydrogens (tertiary/aromatic N) is 1. The number of carbonyl (C=O) groups excluding carboxylic acids is 1. The van der Waals surface area contributed by atoms with E-state index >= 15 is 0 Å². The summed E-state index contributed by atoms with van der Waals surface area (Å²) in [7, 11) is -2.44. The first-order valence-corrected chi connectivity index (χ1v) is 13.8. The van der Waals surface area contributed by atoms with Crippen LogP contribution in [0.5, 0.6) is 0 Å². The number of rotatable bonds is 4. The molecule has 3 aliphatic rings. The lowest BCUT2D eigenvalue weighted by molar-refractivity contribution is -0.0799. The average Bonchev–Trinajstić information content (AvgIpc) is 3.28. The largest absolute Gasteiger partial charge is 0.465 e. The van der Waals surface area contributed by atoms with E-state index < -0.39 is 10.0 Å². The lowest BCUT2D eigenvalue weighted by Crippen LogP contribution is -2.44. The number of fused-ring (bicyclic) bond motifs is 3. The number of hydroxylamine groups is 1. The molecular formula is C29H28N2O5S. The Kier molecular flexibility index (Phi) is 5.90. The Labute approximate surface area is 216 Å². The summed E-state index contributed by atoms with van der Waals surface area (Å²) in [5, 5.41) is 3.70. The lowest BCUT2D eigenvalue weighted by Gasteiger charge is -2.42. The van der Waals surface area contributed by atoms with Crippen LogP contribution in [-0.2, 0) is 19.6 Å². The fraction of sp³-hybridized carbons (Fsp3) is 0.276. The van der Waals surface area contributed by atoms with Crippen molar-refractivity contribution >= 4 is 21.7 Å². The number of sulfonamides is 1. The van der Waals surface area contributed by atoms with Crippen LogP contribution < -0.4 is 5.32 Å². The van der Waals surface area contributed by atoms with Crippen molar-refractivity contribution in [3.8, 4) is 0 Å². The monoisotopic (exact) mass is 516 g/mol. The van der Waals surface area contributed by atoms with Gasteiger partial charge in [-0.15, -0.1) is 0 Å². The number of benzene rings is 3. The van der Waals surface area contributed by atoms with Gasteiger partial charge in [-0.2, -0.15) is 0 Å². The van der Waals surface area contributed by atoms with Crippen LogP contribution in [-0.4, -0.2) is 45.2 Å². The first-order valence-electron chi connectivity index (χ1n) is 12.3. The fourth-order valence-corrected chi connectivity index (χ4v) is 7.07. The van der Waals surface area contributed by atoms with E-state index in [1.54, 1.807) is 30.3 Å². The molecule has 1 unspecified atom stereocenters. The van der Waals surface area contributed by atoms with E-state index in [-0.39, 0.29) is 41.9 Å². The van der Waals surface area contributed by atoms with Gasteiger partial charge in [0.25, 0.3) is 10.0 Å². The summed E-state index contributed by atoms with van der Waals surface area (Å²) >= 11 is 0. The minimum atomic E-state index is -3.82. The van der Waals surface area contributed by atoms with Crippen molar-refractivity contribution in [2.75, 3.05) is 25.6 Å². The Morgan fingerprint density at radius 3 is 2.54 bits per heavy atom. The molecule has 37 heavy (non-hydrogen) atoms. The van der Waals surface area contributed by atoms with Crippen molar-refractivity contribution in [2.45, 2.75) is 36.1 Å². The molecule has 0 saturated carbocycles. The maximum Gasteiger partial charge on any atom is 0.337 e. The number of hydrogen-bond acceptors (Lipinski definition) is 6. The number of anilines is 1. The quantitative estimate of drug-likeness (QED) is 0.397. The van der Waals surface area contributed by atoms with Crippen molar-refractivity contribution in [1.82, 2.24) is 4.47 Å². The summed E-state index contributed by atoms with van der Waals surface area (Å²) in [5.41, 5.74) is 6.89. The van der Waals surface area contributed by atoms with Crippen LogP contribution in [0.4, 0.5) is 5.69 Å². The van der Waals surface area contributed by atoms with Gasteiger partial charge in [-0.1, -0.05) is 52.5 Å². The highest BCUT2D eigenvalue weighted by Gasteiger charge is 2.47. The molecular weight excluding hydrogens is 488 g/mol. The van der Waals surface area contributed by atoms with Gasteiger partial charge in [0.2, 0.25) is 0 Å². The molecule has 0 spiro atoms. The number of nitrogens with one attached hydrogen (secondary N) is 1. The Balaban J connectivity index is 1.40. The highest BCUT2D eigenvalue weighted by atomic mass is 32.2. The summed E-state index contributed by atoms with van der Waals surface area (Å²) in [5.74, 6) is -0.296. The van der Waals surface area contributed by atoms with E-state index in [1.807, 2.05) is 37.3 Å². The number of aryl methyl sites for hydroxylation is 1. The predicted molar refractivity (Wildman–Crippen MR) is 140 cm³/mol. The van der Waals surface area contributed by atoms with E-state index in [9.17, 15) is 13.2 Å². The summed E-state index contributed by atoms with van der Waals surface area (Å²) < 4.78 is 33.0. The zero-order valence-corrected chi connectivity index (χ0v) is 21.5. The van der Waals surface area contributed by atoms with Crippen LogP contribution in [0.25, 0.3) is 0 Å². The van der Waals surface area contributed by atoms with Gasteiger partial charge >= 0.3 is 5.97 Å². The maximum atomic E-state index is 13.5. The van der Waals surface area contributed by atoms with E-state index in [0.29, 0.717) is 5.56 Å². The molecule has 190 valence electrons. The molecule has 2 aliphatic heterocycles. The smallest absolute Gasteiger partial charge is 0.337 e. The second-order valence-corrected chi connectivity index (χ2v) is 11.7. The molecule has 3 aromatic carbocycles. The minimum absolute atomic E-state index is 0.0195. The van der Waals surface area contributed by atoms with Gasteiger partial charge in [0.05, 0.1) is 30.7 Å². The van der Waals surface area contributed by atoms with Gasteiger partial charge in [-0.05, 0) is 65.9 Å². The SMILES string of the molecule is COC(=O)c1ccc2c(c1)[C@@H]1CC3=C(CN(S(=O)(=O)c4ccc(C)cc4)OC3)C(c3ccccc3)[C@@H]1N2.